The Balaban J connectivity index is 2.32. The Kier molecular flexibility index (Phi) is 6.11. The van der Waals surface area contributed by atoms with Crippen molar-refractivity contribution in [2.45, 2.75) is 44.3 Å². The van der Waals surface area contributed by atoms with Gasteiger partial charge in [0.15, 0.2) is 5.16 Å². The highest BCUT2D eigenvalue weighted by molar-refractivity contribution is 7.99. The van der Waals surface area contributed by atoms with Crippen LogP contribution in [0.2, 0.25) is 0 Å². The van der Waals surface area contributed by atoms with Gasteiger partial charge in [-0.2, -0.15) is 0 Å². The van der Waals surface area contributed by atoms with Crippen molar-refractivity contribution in [1.82, 2.24) is 20.1 Å². The Morgan fingerprint density at radius 1 is 1.44 bits per heavy atom. The molecule has 1 unspecified atom stereocenters. The molecule has 1 aromatic heterocycles. The first-order valence-electron chi connectivity index (χ1n) is 6.37. The number of aliphatic hydroxyl groups is 1. The SMILES string of the molecule is CCNC(C)(CO)CCCSc1nnc(C)n1C. The van der Waals surface area contributed by atoms with Crippen molar-refractivity contribution in [1.29, 1.82) is 0 Å². The molecular weight excluding hydrogens is 248 g/mol. The van der Waals surface area contributed by atoms with Crippen molar-refractivity contribution in [2.75, 3.05) is 18.9 Å². The summed E-state index contributed by atoms with van der Waals surface area (Å²) in [4.78, 5) is 0. The summed E-state index contributed by atoms with van der Waals surface area (Å²) in [7, 11) is 1.98. The Morgan fingerprint density at radius 2 is 2.17 bits per heavy atom. The van der Waals surface area contributed by atoms with E-state index in [0.717, 1.165) is 36.1 Å². The molecule has 0 aliphatic heterocycles. The van der Waals surface area contributed by atoms with Crippen LogP contribution in [-0.2, 0) is 7.05 Å². The molecule has 0 saturated carbocycles. The number of hydrogen-bond donors (Lipinski definition) is 2. The monoisotopic (exact) mass is 272 g/mol. The van der Waals surface area contributed by atoms with Crippen LogP contribution in [-0.4, -0.2) is 44.3 Å². The van der Waals surface area contributed by atoms with Gasteiger partial charge in [-0.25, -0.2) is 0 Å². The van der Waals surface area contributed by atoms with Crippen molar-refractivity contribution in [3.63, 3.8) is 0 Å². The Labute approximate surface area is 113 Å². The first-order chi connectivity index (χ1) is 8.52. The lowest BCUT2D eigenvalue weighted by atomic mass is 9.97. The molecule has 0 aliphatic carbocycles. The molecule has 104 valence electrons. The number of nitrogens with zero attached hydrogens (tertiary/aromatic N) is 3. The van der Waals surface area contributed by atoms with Gasteiger partial charge < -0.3 is 15.0 Å². The molecular formula is C12H24N4OS. The molecule has 0 saturated heterocycles. The number of thioether (sulfide) groups is 1. The third-order valence-corrected chi connectivity index (χ3v) is 4.22. The molecule has 1 rings (SSSR count). The second-order valence-electron chi connectivity index (χ2n) is 4.79. The summed E-state index contributed by atoms with van der Waals surface area (Å²) in [5, 5.41) is 21.8. The maximum Gasteiger partial charge on any atom is 0.190 e. The first kappa shape index (κ1) is 15.5. The van der Waals surface area contributed by atoms with Crippen LogP contribution < -0.4 is 5.32 Å². The highest BCUT2D eigenvalue weighted by Gasteiger charge is 2.21. The Bertz CT molecular complexity index is 369. The van der Waals surface area contributed by atoms with E-state index in [-0.39, 0.29) is 12.1 Å². The fourth-order valence-electron chi connectivity index (χ4n) is 1.79. The minimum Gasteiger partial charge on any atom is -0.394 e. The van der Waals surface area contributed by atoms with Crippen LogP contribution in [0.3, 0.4) is 0 Å². The van der Waals surface area contributed by atoms with Crippen molar-refractivity contribution in [3.05, 3.63) is 5.82 Å². The predicted octanol–water partition coefficient (Wildman–Crippen LogP) is 1.36. The number of hydrogen-bond acceptors (Lipinski definition) is 5. The zero-order chi connectivity index (χ0) is 13.6. The van der Waals surface area contributed by atoms with Gasteiger partial charge in [0.25, 0.3) is 0 Å². The van der Waals surface area contributed by atoms with Crippen molar-refractivity contribution in [2.24, 2.45) is 7.05 Å². The molecule has 0 aromatic carbocycles. The predicted molar refractivity (Wildman–Crippen MR) is 74.9 cm³/mol. The van der Waals surface area contributed by atoms with Crippen LogP contribution >= 0.6 is 11.8 Å². The smallest absolute Gasteiger partial charge is 0.190 e. The van der Waals surface area contributed by atoms with Crippen LogP contribution in [0.5, 0.6) is 0 Å². The molecule has 0 amide bonds. The normalized spacial score (nSPS) is 14.7. The van der Waals surface area contributed by atoms with E-state index >= 15 is 0 Å². The minimum absolute atomic E-state index is 0.162. The fraction of sp³-hybridized carbons (Fsp3) is 0.833. The number of aromatic nitrogens is 3. The van der Waals surface area contributed by atoms with Gasteiger partial charge in [0.05, 0.1) is 6.61 Å². The average Bonchev–Trinajstić information content (AvgIpc) is 2.67. The zero-order valence-corrected chi connectivity index (χ0v) is 12.5. The summed E-state index contributed by atoms with van der Waals surface area (Å²) >= 11 is 1.72. The molecule has 1 atom stereocenters. The number of rotatable bonds is 8. The van der Waals surface area contributed by atoms with Gasteiger partial charge in [-0.1, -0.05) is 18.7 Å². The summed E-state index contributed by atoms with van der Waals surface area (Å²) in [5.74, 6) is 1.93. The van der Waals surface area contributed by atoms with Gasteiger partial charge in [-0.05, 0) is 33.2 Å². The molecule has 0 spiro atoms. The highest BCUT2D eigenvalue weighted by Crippen LogP contribution is 2.19. The maximum absolute atomic E-state index is 9.38. The van der Waals surface area contributed by atoms with Crippen LogP contribution in [0.1, 0.15) is 32.5 Å². The van der Waals surface area contributed by atoms with Crippen LogP contribution in [0.4, 0.5) is 0 Å². The van der Waals surface area contributed by atoms with Crippen molar-refractivity contribution >= 4 is 11.8 Å². The third-order valence-electron chi connectivity index (χ3n) is 3.11. The summed E-state index contributed by atoms with van der Waals surface area (Å²) < 4.78 is 2.00. The average molecular weight is 272 g/mol. The standard InChI is InChI=1S/C12H24N4OS/c1-5-13-12(3,9-17)7-6-8-18-11-15-14-10(2)16(11)4/h13,17H,5-9H2,1-4H3. The second kappa shape index (κ2) is 7.11. The van der Waals surface area contributed by atoms with Gasteiger partial charge in [-0.15, -0.1) is 10.2 Å². The summed E-state index contributed by atoms with van der Waals surface area (Å²) in [6.45, 7) is 7.13. The van der Waals surface area contributed by atoms with Crippen LogP contribution in [0.25, 0.3) is 0 Å². The largest absolute Gasteiger partial charge is 0.394 e. The molecule has 1 aromatic rings. The van der Waals surface area contributed by atoms with E-state index in [0.29, 0.717) is 0 Å². The molecule has 0 bridgehead atoms. The third kappa shape index (κ3) is 4.26. The molecule has 2 N–H and O–H groups in total. The topological polar surface area (TPSA) is 63.0 Å². The molecule has 0 radical (unpaired) electrons. The Morgan fingerprint density at radius 3 is 2.67 bits per heavy atom. The number of likely N-dealkylation sites (N-methyl/N-ethyl adjacent to an activating group) is 1. The number of aryl methyl sites for hydroxylation is 1. The van der Waals surface area contributed by atoms with Gasteiger partial charge in [0.1, 0.15) is 5.82 Å². The van der Waals surface area contributed by atoms with E-state index in [4.69, 9.17) is 0 Å². The second-order valence-corrected chi connectivity index (χ2v) is 5.85. The zero-order valence-electron chi connectivity index (χ0n) is 11.7. The Hall–Kier alpha value is -0.590. The lowest BCUT2D eigenvalue weighted by molar-refractivity contribution is 0.167. The lowest BCUT2D eigenvalue weighted by Crippen LogP contribution is -2.45. The summed E-state index contributed by atoms with van der Waals surface area (Å²) in [5.41, 5.74) is -0.162. The maximum atomic E-state index is 9.38. The van der Waals surface area contributed by atoms with Crippen LogP contribution in [0, 0.1) is 6.92 Å². The van der Waals surface area contributed by atoms with Crippen molar-refractivity contribution in [3.8, 4) is 0 Å². The van der Waals surface area contributed by atoms with E-state index < -0.39 is 0 Å². The molecule has 0 fully saturated rings. The van der Waals surface area contributed by atoms with E-state index in [1.165, 1.54) is 0 Å². The number of nitrogens with one attached hydrogen (secondary N) is 1. The first-order valence-corrected chi connectivity index (χ1v) is 7.35. The van der Waals surface area contributed by atoms with Gasteiger partial charge in [-0.3, -0.25) is 0 Å². The quantitative estimate of drug-likeness (QED) is 0.552. The summed E-state index contributed by atoms with van der Waals surface area (Å²) in [6.07, 6.45) is 2.00. The minimum atomic E-state index is -0.162. The van der Waals surface area contributed by atoms with Crippen LogP contribution in [0.15, 0.2) is 5.16 Å². The van der Waals surface area contributed by atoms with E-state index in [1.54, 1.807) is 11.8 Å². The molecule has 1 heterocycles. The van der Waals surface area contributed by atoms with E-state index in [2.05, 4.69) is 29.4 Å². The molecule has 5 nitrogen and oxygen atoms in total. The molecule has 6 heteroatoms. The van der Waals surface area contributed by atoms with Gasteiger partial charge >= 0.3 is 0 Å². The van der Waals surface area contributed by atoms with E-state index in [1.807, 2.05) is 18.5 Å². The van der Waals surface area contributed by atoms with Gasteiger partial charge in [0, 0.05) is 18.3 Å². The lowest BCUT2D eigenvalue weighted by Gasteiger charge is -2.28. The van der Waals surface area contributed by atoms with Crippen molar-refractivity contribution < 1.29 is 5.11 Å². The van der Waals surface area contributed by atoms with E-state index in [9.17, 15) is 5.11 Å². The fourth-order valence-corrected chi connectivity index (χ4v) is 2.68. The number of aliphatic hydroxyl groups excluding tert-OH is 1. The molecule has 0 aliphatic rings. The molecule has 18 heavy (non-hydrogen) atoms. The van der Waals surface area contributed by atoms with Gasteiger partial charge in [0.2, 0.25) is 0 Å². The highest BCUT2D eigenvalue weighted by atomic mass is 32.2. The summed E-state index contributed by atoms with van der Waals surface area (Å²) in [6, 6.07) is 0.